The SMILES string of the molecule is CSCCC(=O)Nc1cc(Br)ccc1C. The van der Waals surface area contributed by atoms with E-state index in [0.29, 0.717) is 6.42 Å². The van der Waals surface area contributed by atoms with E-state index in [2.05, 4.69) is 21.2 Å². The van der Waals surface area contributed by atoms with Crippen molar-refractivity contribution in [3.63, 3.8) is 0 Å². The molecule has 4 heteroatoms. The van der Waals surface area contributed by atoms with E-state index in [1.54, 1.807) is 11.8 Å². The molecule has 0 aliphatic carbocycles. The Balaban J connectivity index is 2.63. The highest BCUT2D eigenvalue weighted by Gasteiger charge is 2.04. The average Bonchev–Trinajstić information content (AvgIpc) is 2.20. The fraction of sp³-hybridized carbons (Fsp3) is 0.364. The molecule has 0 aliphatic heterocycles. The molecule has 0 bridgehead atoms. The molecule has 2 nitrogen and oxygen atoms in total. The van der Waals surface area contributed by atoms with Crippen molar-refractivity contribution in [1.29, 1.82) is 0 Å². The summed E-state index contributed by atoms with van der Waals surface area (Å²) in [6.45, 7) is 1.98. The van der Waals surface area contributed by atoms with Crippen LogP contribution in [0.1, 0.15) is 12.0 Å². The summed E-state index contributed by atoms with van der Waals surface area (Å²) < 4.78 is 0.980. The summed E-state index contributed by atoms with van der Waals surface area (Å²) >= 11 is 5.06. The highest BCUT2D eigenvalue weighted by molar-refractivity contribution is 9.10. The van der Waals surface area contributed by atoms with E-state index >= 15 is 0 Å². The van der Waals surface area contributed by atoms with Gasteiger partial charge in [-0.3, -0.25) is 4.79 Å². The maximum absolute atomic E-state index is 11.5. The van der Waals surface area contributed by atoms with Crippen molar-refractivity contribution >= 4 is 39.3 Å². The maximum Gasteiger partial charge on any atom is 0.225 e. The van der Waals surface area contributed by atoms with E-state index < -0.39 is 0 Å². The van der Waals surface area contributed by atoms with Gasteiger partial charge in [0.2, 0.25) is 5.91 Å². The Morgan fingerprint density at radius 3 is 2.93 bits per heavy atom. The van der Waals surface area contributed by atoms with Crippen LogP contribution in [0.15, 0.2) is 22.7 Å². The van der Waals surface area contributed by atoms with Crippen molar-refractivity contribution in [1.82, 2.24) is 0 Å². The van der Waals surface area contributed by atoms with E-state index in [1.807, 2.05) is 31.4 Å². The Labute approximate surface area is 103 Å². The molecule has 15 heavy (non-hydrogen) atoms. The predicted molar refractivity (Wildman–Crippen MR) is 70.5 cm³/mol. The number of anilines is 1. The van der Waals surface area contributed by atoms with Crippen molar-refractivity contribution in [2.45, 2.75) is 13.3 Å². The average molecular weight is 288 g/mol. The van der Waals surface area contributed by atoms with Gasteiger partial charge in [0, 0.05) is 22.3 Å². The van der Waals surface area contributed by atoms with Crippen molar-refractivity contribution in [3.8, 4) is 0 Å². The van der Waals surface area contributed by atoms with E-state index in [9.17, 15) is 4.79 Å². The Hall–Kier alpha value is -0.480. The molecule has 0 spiro atoms. The standard InChI is InChI=1S/C11H14BrNOS/c1-8-3-4-9(12)7-10(8)13-11(14)5-6-15-2/h3-4,7H,5-6H2,1-2H3,(H,13,14). The minimum absolute atomic E-state index is 0.0746. The van der Waals surface area contributed by atoms with Gasteiger partial charge in [0.05, 0.1) is 0 Å². The summed E-state index contributed by atoms with van der Waals surface area (Å²) in [5, 5.41) is 2.90. The maximum atomic E-state index is 11.5. The Morgan fingerprint density at radius 2 is 2.27 bits per heavy atom. The van der Waals surface area contributed by atoms with Crippen LogP contribution in [-0.2, 0) is 4.79 Å². The normalized spacial score (nSPS) is 10.1. The molecule has 0 heterocycles. The number of thioether (sulfide) groups is 1. The monoisotopic (exact) mass is 287 g/mol. The zero-order valence-corrected chi connectivity index (χ0v) is 11.2. The van der Waals surface area contributed by atoms with Crippen LogP contribution in [-0.4, -0.2) is 17.9 Å². The number of benzene rings is 1. The second-order valence-corrected chi connectivity index (χ2v) is 5.15. The van der Waals surface area contributed by atoms with Crippen molar-refractivity contribution in [2.24, 2.45) is 0 Å². The molecule has 0 atom stereocenters. The predicted octanol–water partition coefficient (Wildman–Crippen LogP) is 3.45. The number of carbonyl (C=O) groups is 1. The van der Waals surface area contributed by atoms with Crippen LogP contribution in [0.5, 0.6) is 0 Å². The lowest BCUT2D eigenvalue weighted by Gasteiger charge is -2.08. The van der Waals surface area contributed by atoms with Crippen LogP contribution >= 0.6 is 27.7 Å². The Bertz CT molecular complexity index is 354. The zero-order valence-electron chi connectivity index (χ0n) is 8.84. The van der Waals surface area contributed by atoms with Crippen LogP contribution in [0.4, 0.5) is 5.69 Å². The number of amides is 1. The number of halogens is 1. The summed E-state index contributed by atoms with van der Waals surface area (Å²) in [6.07, 6.45) is 2.56. The van der Waals surface area contributed by atoms with Gasteiger partial charge in [-0.25, -0.2) is 0 Å². The molecule has 0 fully saturated rings. The molecule has 0 radical (unpaired) electrons. The summed E-state index contributed by atoms with van der Waals surface area (Å²) in [5.41, 5.74) is 1.96. The molecular formula is C11H14BrNOS. The molecule has 0 aromatic heterocycles. The van der Waals surface area contributed by atoms with Crippen LogP contribution in [0.2, 0.25) is 0 Å². The van der Waals surface area contributed by atoms with Crippen LogP contribution in [0.3, 0.4) is 0 Å². The van der Waals surface area contributed by atoms with Gasteiger partial charge in [0.25, 0.3) is 0 Å². The van der Waals surface area contributed by atoms with Crippen molar-refractivity contribution < 1.29 is 4.79 Å². The summed E-state index contributed by atoms with van der Waals surface area (Å²) in [6, 6.07) is 5.87. The molecule has 0 saturated carbocycles. The molecule has 1 N–H and O–H groups in total. The first-order valence-electron chi connectivity index (χ1n) is 4.68. The molecule has 1 amide bonds. The third kappa shape index (κ3) is 4.26. The third-order valence-corrected chi connectivity index (χ3v) is 3.11. The lowest BCUT2D eigenvalue weighted by Crippen LogP contribution is -2.12. The smallest absolute Gasteiger partial charge is 0.225 e. The molecular weight excluding hydrogens is 274 g/mol. The summed E-state index contributed by atoms with van der Waals surface area (Å²) in [5.74, 6) is 0.935. The lowest BCUT2D eigenvalue weighted by atomic mass is 10.2. The fourth-order valence-electron chi connectivity index (χ4n) is 1.14. The van der Waals surface area contributed by atoms with Crippen LogP contribution in [0, 0.1) is 6.92 Å². The number of hydrogen-bond donors (Lipinski definition) is 1. The third-order valence-electron chi connectivity index (χ3n) is 2.01. The van der Waals surface area contributed by atoms with E-state index in [1.165, 1.54) is 0 Å². The fourth-order valence-corrected chi connectivity index (χ4v) is 1.89. The highest BCUT2D eigenvalue weighted by atomic mass is 79.9. The molecule has 1 rings (SSSR count). The lowest BCUT2D eigenvalue weighted by molar-refractivity contribution is -0.115. The van der Waals surface area contributed by atoms with Crippen LogP contribution < -0.4 is 5.32 Å². The summed E-state index contributed by atoms with van der Waals surface area (Å²) in [4.78, 5) is 11.5. The van der Waals surface area contributed by atoms with Gasteiger partial charge < -0.3 is 5.32 Å². The number of hydrogen-bond acceptors (Lipinski definition) is 2. The number of aryl methyl sites for hydroxylation is 1. The molecule has 0 aliphatic rings. The Kier molecular flexibility index (Phi) is 5.19. The van der Waals surface area contributed by atoms with Gasteiger partial charge in [-0.15, -0.1) is 0 Å². The number of nitrogens with one attached hydrogen (secondary N) is 1. The first kappa shape index (κ1) is 12.6. The minimum Gasteiger partial charge on any atom is -0.326 e. The van der Waals surface area contributed by atoms with Crippen molar-refractivity contribution in [2.75, 3.05) is 17.3 Å². The van der Waals surface area contributed by atoms with Gasteiger partial charge >= 0.3 is 0 Å². The van der Waals surface area contributed by atoms with Gasteiger partial charge in [-0.05, 0) is 30.9 Å². The molecule has 1 aromatic rings. The number of rotatable bonds is 4. The van der Waals surface area contributed by atoms with Gasteiger partial charge in [-0.1, -0.05) is 22.0 Å². The highest BCUT2D eigenvalue weighted by Crippen LogP contribution is 2.20. The molecule has 82 valence electrons. The first-order chi connectivity index (χ1) is 7.13. The van der Waals surface area contributed by atoms with Gasteiger partial charge in [0.15, 0.2) is 0 Å². The van der Waals surface area contributed by atoms with Crippen molar-refractivity contribution in [3.05, 3.63) is 28.2 Å². The van der Waals surface area contributed by atoms with Crippen LogP contribution in [0.25, 0.3) is 0 Å². The van der Waals surface area contributed by atoms with E-state index in [-0.39, 0.29) is 5.91 Å². The topological polar surface area (TPSA) is 29.1 Å². The molecule has 0 unspecified atom stereocenters. The quantitative estimate of drug-likeness (QED) is 0.919. The molecule has 1 aromatic carbocycles. The largest absolute Gasteiger partial charge is 0.326 e. The zero-order chi connectivity index (χ0) is 11.3. The minimum atomic E-state index is 0.0746. The van der Waals surface area contributed by atoms with Gasteiger partial charge in [0.1, 0.15) is 0 Å². The van der Waals surface area contributed by atoms with Gasteiger partial charge in [-0.2, -0.15) is 11.8 Å². The Morgan fingerprint density at radius 1 is 1.53 bits per heavy atom. The van der Waals surface area contributed by atoms with E-state index in [0.717, 1.165) is 21.5 Å². The van der Waals surface area contributed by atoms with E-state index in [4.69, 9.17) is 0 Å². The second-order valence-electron chi connectivity index (χ2n) is 3.25. The molecule has 0 saturated heterocycles. The first-order valence-corrected chi connectivity index (χ1v) is 6.87. The second kappa shape index (κ2) is 6.18. The number of carbonyl (C=O) groups excluding carboxylic acids is 1. The summed E-state index contributed by atoms with van der Waals surface area (Å²) in [7, 11) is 0.